The second-order valence-electron chi connectivity index (χ2n) is 8.22. The van der Waals surface area contributed by atoms with Crippen LogP contribution in [0.4, 0.5) is 5.69 Å². The van der Waals surface area contributed by atoms with Gasteiger partial charge in [0.25, 0.3) is 5.91 Å². The molecular weight excluding hydrogens is 336 g/mol. The van der Waals surface area contributed by atoms with Crippen molar-refractivity contribution in [1.82, 2.24) is 9.61 Å². The predicted molar refractivity (Wildman–Crippen MR) is 109 cm³/mol. The molecule has 2 atom stereocenters. The maximum atomic E-state index is 12.1. The lowest BCUT2D eigenvalue weighted by atomic mass is 9.80. The summed E-state index contributed by atoms with van der Waals surface area (Å²) in [5, 5.41) is 8.07. The van der Waals surface area contributed by atoms with Gasteiger partial charge in [0, 0.05) is 17.8 Å². The van der Waals surface area contributed by atoms with Crippen LogP contribution < -0.4 is 11.1 Å². The van der Waals surface area contributed by atoms with E-state index in [1.807, 2.05) is 28.9 Å². The van der Waals surface area contributed by atoms with E-state index in [1.54, 1.807) is 6.20 Å². The van der Waals surface area contributed by atoms with Crippen molar-refractivity contribution < 1.29 is 4.79 Å². The lowest BCUT2D eigenvalue weighted by molar-refractivity contribution is 0.100. The van der Waals surface area contributed by atoms with Crippen LogP contribution in [0.5, 0.6) is 0 Å². The Bertz CT molecular complexity index is 990. The monoisotopic (exact) mass is 362 g/mol. The van der Waals surface area contributed by atoms with E-state index in [4.69, 9.17) is 5.73 Å². The van der Waals surface area contributed by atoms with E-state index < -0.39 is 5.91 Å². The summed E-state index contributed by atoms with van der Waals surface area (Å²) in [5.74, 6) is 0.162. The molecule has 0 saturated heterocycles. The summed E-state index contributed by atoms with van der Waals surface area (Å²) < 4.78 is 1.82. The minimum atomic E-state index is -0.459. The molecule has 0 spiro atoms. The number of amides is 1. The fraction of sp³-hybridized carbons (Fsp3) is 0.364. The first-order valence-electron chi connectivity index (χ1n) is 9.51. The zero-order valence-electron chi connectivity index (χ0n) is 16.1. The number of rotatable bonds is 4. The highest BCUT2D eigenvalue weighted by Gasteiger charge is 2.41. The summed E-state index contributed by atoms with van der Waals surface area (Å²) in [5.41, 5.74) is 10.1. The van der Waals surface area contributed by atoms with Gasteiger partial charge in [0.2, 0.25) is 0 Å². The summed E-state index contributed by atoms with van der Waals surface area (Å²) in [6, 6.07) is 12.5. The first-order chi connectivity index (χ1) is 12.9. The second-order valence-corrected chi connectivity index (χ2v) is 8.22. The molecule has 5 nitrogen and oxygen atoms in total. The molecule has 1 aromatic carbocycles. The van der Waals surface area contributed by atoms with Gasteiger partial charge in [0.05, 0.1) is 23.0 Å². The molecule has 0 unspecified atom stereocenters. The SMILES string of the molecule is C[C@H]1CC[C@@H](Nc2c(C(N)=O)cnn3cc(-c4ccccc4)cc23)C1(C)C. The van der Waals surface area contributed by atoms with Gasteiger partial charge in [-0.05, 0) is 35.8 Å². The van der Waals surface area contributed by atoms with Gasteiger partial charge in [-0.1, -0.05) is 51.1 Å². The van der Waals surface area contributed by atoms with E-state index in [-0.39, 0.29) is 11.5 Å². The lowest BCUT2D eigenvalue weighted by Crippen LogP contribution is -2.35. The van der Waals surface area contributed by atoms with E-state index in [0.29, 0.717) is 11.5 Å². The molecule has 3 N–H and O–H groups in total. The van der Waals surface area contributed by atoms with Crippen molar-refractivity contribution >= 4 is 17.1 Å². The summed E-state index contributed by atoms with van der Waals surface area (Å²) in [7, 11) is 0. The van der Waals surface area contributed by atoms with Crippen LogP contribution in [-0.2, 0) is 0 Å². The van der Waals surface area contributed by atoms with Crippen molar-refractivity contribution in [3.8, 4) is 11.1 Å². The first-order valence-corrected chi connectivity index (χ1v) is 9.51. The first kappa shape index (κ1) is 17.6. The molecule has 1 saturated carbocycles. The summed E-state index contributed by atoms with van der Waals surface area (Å²) in [4.78, 5) is 12.1. The van der Waals surface area contributed by atoms with Crippen LogP contribution in [0.2, 0.25) is 0 Å². The third-order valence-electron chi connectivity index (χ3n) is 6.38. The second kappa shape index (κ2) is 6.41. The van der Waals surface area contributed by atoms with Crippen molar-refractivity contribution in [2.75, 3.05) is 5.32 Å². The number of hydrogen-bond acceptors (Lipinski definition) is 3. The molecule has 2 aromatic heterocycles. The fourth-order valence-corrected chi connectivity index (χ4v) is 4.12. The van der Waals surface area contributed by atoms with Crippen LogP contribution in [0, 0.1) is 11.3 Å². The van der Waals surface area contributed by atoms with Gasteiger partial charge in [-0.2, -0.15) is 5.10 Å². The van der Waals surface area contributed by atoms with Crippen molar-refractivity contribution in [1.29, 1.82) is 0 Å². The molecule has 140 valence electrons. The number of benzene rings is 1. The largest absolute Gasteiger partial charge is 0.379 e. The van der Waals surface area contributed by atoms with E-state index in [0.717, 1.165) is 28.8 Å². The van der Waals surface area contributed by atoms with Gasteiger partial charge in [0.1, 0.15) is 0 Å². The normalized spacial score (nSPS) is 21.4. The molecule has 1 fully saturated rings. The molecule has 1 aliphatic carbocycles. The number of nitrogens with one attached hydrogen (secondary N) is 1. The van der Waals surface area contributed by atoms with Gasteiger partial charge in [-0.15, -0.1) is 0 Å². The Hall–Kier alpha value is -2.82. The molecular formula is C22H26N4O. The van der Waals surface area contributed by atoms with Crippen LogP contribution in [-0.4, -0.2) is 21.6 Å². The van der Waals surface area contributed by atoms with Crippen LogP contribution in [0.1, 0.15) is 44.0 Å². The van der Waals surface area contributed by atoms with E-state index in [2.05, 4.69) is 49.4 Å². The highest BCUT2D eigenvalue weighted by molar-refractivity contribution is 6.02. The highest BCUT2D eigenvalue weighted by Crippen LogP contribution is 2.44. The Kier molecular flexibility index (Phi) is 4.17. The zero-order chi connectivity index (χ0) is 19.2. The van der Waals surface area contributed by atoms with Gasteiger partial charge in [-0.25, -0.2) is 4.52 Å². The number of aromatic nitrogens is 2. The van der Waals surface area contributed by atoms with Crippen molar-refractivity contribution in [2.45, 2.75) is 39.7 Å². The summed E-state index contributed by atoms with van der Waals surface area (Å²) >= 11 is 0. The fourth-order valence-electron chi connectivity index (χ4n) is 4.12. The minimum absolute atomic E-state index is 0.143. The van der Waals surface area contributed by atoms with Gasteiger partial charge >= 0.3 is 0 Å². The van der Waals surface area contributed by atoms with Crippen LogP contribution in [0.25, 0.3) is 16.6 Å². The maximum Gasteiger partial charge on any atom is 0.252 e. The average Bonchev–Trinajstić information content (AvgIpc) is 3.19. The van der Waals surface area contributed by atoms with Gasteiger partial charge in [-0.3, -0.25) is 4.79 Å². The van der Waals surface area contributed by atoms with Gasteiger partial charge in [0.15, 0.2) is 0 Å². The van der Waals surface area contributed by atoms with Crippen molar-refractivity contribution in [3.05, 3.63) is 54.4 Å². The van der Waals surface area contributed by atoms with Crippen LogP contribution in [0.15, 0.2) is 48.8 Å². The van der Waals surface area contributed by atoms with Crippen molar-refractivity contribution in [2.24, 2.45) is 17.1 Å². The van der Waals surface area contributed by atoms with Gasteiger partial charge < -0.3 is 11.1 Å². The molecule has 5 heteroatoms. The molecule has 4 rings (SSSR count). The number of nitrogens with two attached hydrogens (primary N) is 1. The Balaban J connectivity index is 1.83. The maximum absolute atomic E-state index is 12.1. The van der Waals surface area contributed by atoms with Crippen LogP contribution >= 0.6 is 0 Å². The Morgan fingerprint density at radius 1 is 1.22 bits per heavy atom. The third kappa shape index (κ3) is 2.97. The number of nitrogens with zero attached hydrogens (tertiary/aromatic N) is 2. The molecule has 1 aliphatic rings. The van der Waals surface area contributed by atoms with E-state index in [9.17, 15) is 4.79 Å². The lowest BCUT2D eigenvalue weighted by Gasteiger charge is -2.33. The summed E-state index contributed by atoms with van der Waals surface area (Å²) in [6.45, 7) is 6.87. The summed E-state index contributed by atoms with van der Waals surface area (Å²) in [6.07, 6.45) is 5.81. The quantitative estimate of drug-likeness (QED) is 0.725. The highest BCUT2D eigenvalue weighted by atomic mass is 16.1. The Morgan fingerprint density at radius 2 is 1.96 bits per heavy atom. The molecule has 0 bridgehead atoms. The molecule has 0 aliphatic heterocycles. The molecule has 27 heavy (non-hydrogen) atoms. The number of anilines is 1. The minimum Gasteiger partial charge on any atom is -0.379 e. The number of carbonyl (C=O) groups excluding carboxylic acids is 1. The topological polar surface area (TPSA) is 72.4 Å². The molecule has 0 radical (unpaired) electrons. The number of carbonyl (C=O) groups is 1. The Labute approximate surface area is 159 Å². The third-order valence-corrected chi connectivity index (χ3v) is 6.38. The standard InChI is InChI=1S/C22H26N4O/c1-14-9-10-19(22(14,2)3)25-20-17(21(23)27)12-24-26-13-16(11-18(20)26)15-7-5-4-6-8-15/h4-8,11-14,19,25H,9-10H2,1-3H3,(H2,23,27)/t14-,19+/m0/s1. The molecule has 1 amide bonds. The van der Waals surface area contributed by atoms with E-state index in [1.165, 1.54) is 6.42 Å². The molecule has 2 heterocycles. The predicted octanol–water partition coefficient (Wildman–Crippen LogP) is 4.34. The average molecular weight is 362 g/mol. The molecule has 3 aromatic rings. The van der Waals surface area contributed by atoms with Crippen molar-refractivity contribution in [3.63, 3.8) is 0 Å². The van der Waals surface area contributed by atoms with E-state index >= 15 is 0 Å². The number of primary amides is 1. The van der Waals surface area contributed by atoms with Crippen LogP contribution in [0.3, 0.4) is 0 Å². The smallest absolute Gasteiger partial charge is 0.252 e. The number of fused-ring (bicyclic) bond motifs is 1. The Morgan fingerprint density at radius 3 is 2.59 bits per heavy atom. The zero-order valence-corrected chi connectivity index (χ0v) is 16.1. The number of hydrogen-bond donors (Lipinski definition) is 2.